The molecule has 0 saturated heterocycles. The van der Waals surface area contributed by atoms with Crippen molar-refractivity contribution in [1.82, 2.24) is 0 Å². The zero-order chi connectivity index (χ0) is 29.2. The van der Waals surface area contributed by atoms with Gasteiger partial charge in [0.1, 0.15) is 0 Å². The molecule has 0 aromatic heterocycles. The van der Waals surface area contributed by atoms with Crippen LogP contribution in [0.25, 0.3) is 0 Å². The minimum absolute atomic E-state index is 0.116. The number of aryl methyl sites for hydroxylation is 2. The van der Waals surface area contributed by atoms with Crippen molar-refractivity contribution in [3.05, 3.63) is 89.0 Å². The quantitative estimate of drug-likeness (QED) is 0.158. The number of benzene rings is 3. The molecule has 0 heterocycles. The zero-order valence-electron chi connectivity index (χ0n) is 20.2. The molecule has 39 heavy (non-hydrogen) atoms. The summed E-state index contributed by atoms with van der Waals surface area (Å²) in [6, 6.07) is 17.3. The van der Waals surface area contributed by atoms with E-state index in [1.165, 1.54) is 30.3 Å². The topological polar surface area (TPSA) is 90.0 Å². The van der Waals surface area contributed by atoms with Crippen LogP contribution < -0.4 is 4.90 Å². The number of rotatable bonds is 9. The van der Waals surface area contributed by atoms with Crippen LogP contribution in [-0.2, 0) is 41.8 Å². The second kappa shape index (κ2) is 11.2. The van der Waals surface area contributed by atoms with E-state index in [9.17, 15) is 43.2 Å². The van der Waals surface area contributed by atoms with Crippen LogP contribution in [0, 0.1) is 13.8 Å². The summed E-state index contributed by atoms with van der Waals surface area (Å²) in [7, 11) is -11.6. The van der Waals surface area contributed by atoms with Crippen LogP contribution in [0.2, 0.25) is 0 Å². The maximum absolute atomic E-state index is 12.7. The van der Waals surface area contributed by atoms with Gasteiger partial charge in [-0.25, -0.2) is 0 Å². The number of halogens is 6. The van der Waals surface area contributed by atoms with Gasteiger partial charge in [-0.1, -0.05) is 35.9 Å². The highest BCUT2D eigenvalue weighted by atomic mass is 32.2. The average molecular weight is 598 g/mol. The van der Waals surface area contributed by atoms with Crippen molar-refractivity contribution in [3.63, 3.8) is 0 Å². The second-order valence-electron chi connectivity index (χ2n) is 8.27. The zero-order valence-corrected chi connectivity index (χ0v) is 21.9. The van der Waals surface area contributed by atoms with E-state index in [4.69, 9.17) is 0 Å². The fraction of sp³-hybridized carbons (Fsp3) is 0.250. The molecule has 0 amide bonds. The van der Waals surface area contributed by atoms with Crippen molar-refractivity contribution >= 4 is 37.3 Å². The molecule has 3 aromatic rings. The van der Waals surface area contributed by atoms with Crippen LogP contribution in [0.5, 0.6) is 0 Å². The van der Waals surface area contributed by atoms with Gasteiger partial charge in [0.05, 0.1) is 13.2 Å². The van der Waals surface area contributed by atoms with Crippen molar-refractivity contribution in [2.75, 3.05) is 4.90 Å². The van der Waals surface area contributed by atoms with E-state index in [1.807, 2.05) is 6.92 Å². The standard InChI is InChI=1S/C24H21F6NO6S2/c1-16-3-8-20(9-4-16)31(21-11-6-18(7-12-21)14-36-38(32,33)23(25,26)27)22-10-5-17(2)19(13-22)15-37-39(34,35)24(28,29)30/h3-13H,14-15H2,1-2H3. The van der Waals surface area contributed by atoms with Crippen LogP contribution in [0.3, 0.4) is 0 Å². The molecule has 0 unspecified atom stereocenters. The lowest BCUT2D eigenvalue weighted by atomic mass is 10.1. The van der Waals surface area contributed by atoms with Crippen molar-refractivity contribution in [2.24, 2.45) is 0 Å². The van der Waals surface area contributed by atoms with E-state index < -0.39 is 44.5 Å². The average Bonchev–Trinajstić information content (AvgIpc) is 2.83. The molecule has 0 aliphatic carbocycles. The summed E-state index contributed by atoms with van der Waals surface area (Å²) >= 11 is 0. The SMILES string of the molecule is Cc1ccc(N(c2ccc(COS(=O)(=O)C(F)(F)F)cc2)c2ccc(C)c(COS(=O)(=O)C(F)(F)F)c2)cc1. The number of nitrogens with zero attached hydrogens (tertiary/aromatic N) is 1. The van der Waals surface area contributed by atoms with Crippen molar-refractivity contribution in [2.45, 2.75) is 38.1 Å². The lowest BCUT2D eigenvalue weighted by Gasteiger charge is -2.26. The Bertz CT molecular complexity index is 1520. The molecule has 15 heteroatoms. The molecule has 7 nitrogen and oxygen atoms in total. The first-order valence-electron chi connectivity index (χ1n) is 10.9. The highest BCUT2D eigenvalue weighted by Crippen LogP contribution is 2.36. The van der Waals surface area contributed by atoms with Gasteiger partial charge in [0.15, 0.2) is 0 Å². The van der Waals surface area contributed by atoms with Crippen LogP contribution >= 0.6 is 0 Å². The second-order valence-corrected chi connectivity index (χ2v) is 11.5. The predicted octanol–water partition coefficient (Wildman–Crippen LogP) is 6.51. The minimum atomic E-state index is -5.82. The summed E-state index contributed by atoms with van der Waals surface area (Å²) in [6.45, 7) is 1.66. The van der Waals surface area contributed by atoms with Gasteiger partial charge in [0.2, 0.25) is 0 Å². The van der Waals surface area contributed by atoms with Gasteiger partial charge >= 0.3 is 31.3 Å². The summed E-state index contributed by atoms with van der Waals surface area (Å²) in [6.07, 6.45) is 0. The summed E-state index contributed by atoms with van der Waals surface area (Å²) in [5, 5.41) is 0. The lowest BCUT2D eigenvalue weighted by Crippen LogP contribution is -2.25. The van der Waals surface area contributed by atoms with Crippen molar-refractivity contribution in [1.29, 1.82) is 0 Å². The molecule has 0 aliphatic rings. The third-order valence-electron chi connectivity index (χ3n) is 5.39. The Kier molecular flexibility index (Phi) is 8.69. The van der Waals surface area contributed by atoms with Gasteiger partial charge in [0.25, 0.3) is 0 Å². The Morgan fingerprint density at radius 1 is 0.641 bits per heavy atom. The van der Waals surface area contributed by atoms with Gasteiger partial charge in [-0.3, -0.25) is 8.37 Å². The smallest absolute Gasteiger partial charge is 0.310 e. The summed E-state index contributed by atoms with van der Waals surface area (Å²) in [5.41, 5.74) is -8.07. The van der Waals surface area contributed by atoms with Gasteiger partial charge in [-0.2, -0.15) is 43.2 Å². The maximum Gasteiger partial charge on any atom is 0.523 e. The normalized spacial score (nSPS) is 12.9. The van der Waals surface area contributed by atoms with Crippen LogP contribution in [-0.4, -0.2) is 27.9 Å². The monoisotopic (exact) mass is 597 g/mol. The maximum atomic E-state index is 12.7. The molecule has 0 saturated carbocycles. The summed E-state index contributed by atoms with van der Waals surface area (Å²) in [4.78, 5) is 1.65. The Balaban J connectivity index is 1.96. The number of anilines is 3. The Labute approximate surface area is 220 Å². The first-order chi connectivity index (χ1) is 17.9. The molecule has 0 N–H and O–H groups in total. The van der Waals surface area contributed by atoms with E-state index >= 15 is 0 Å². The molecular formula is C24H21F6NO6S2. The van der Waals surface area contributed by atoms with Gasteiger partial charge < -0.3 is 4.90 Å². The molecule has 0 atom stereocenters. The first kappa shape index (κ1) is 30.4. The molecule has 3 rings (SSSR count). The molecule has 0 spiro atoms. The number of hydrogen-bond acceptors (Lipinski definition) is 7. The highest BCUT2D eigenvalue weighted by Gasteiger charge is 2.48. The highest BCUT2D eigenvalue weighted by molar-refractivity contribution is 7.87. The molecular weight excluding hydrogens is 576 g/mol. The van der Waals surface area contributed by atoms with Gasteiger partial charge in [0, 0.05) is 17.1 Å². The molecule has 3 aromatic carbocycles. The predicted molar refractivity (Wildman–Crippen MR) is 130 cm³/mol. The lowest BCUT2D eigenvalue weighted by molar-refractivity contribution is -0.0552. The van der Waals surface area contributed by atoms with Crippen LogP contribution in [0.15, 0.2) is 66.7 Å². The largest absolute Gasteiger partial charge is 0.523 e. The van der Waals surface area contributed by atoms with Crippen molar-refractivity contribution in [3.8, 4) is 0 Å². The minimum Gasteiger partial charge on any atom is -0.310 e. The molecule has 0 radical (unpaired) electrons. The van der Waals surface area contributed by atoms with E-state index in [-0.39, 0.29) is 11.1 Å². The van der Waals surface area contributed by atoms with Gasteiger partial charge in [-0.05, 0) is 66.9 Å². The Morgan fingerprint density at radius 2 is 1.08 bits per heavy atom. The fourth-order valence-corrected chi connectivity index (χ4v) is 4.10. The van der Waals surface area contributed by atoms with Crippen LogP contribution in [0.1, 0.15) is 22.3 Å². The van der Waals surface area contributed by atoms with Gasteiger partial charge in [-0.15, -0.1) is 0 Å². The third kappa shape index (κ3) is 7.29. The summed E-state index contributed by atoms with van der Waals surface area (Å²) < 4.78 is 129. The number of hydrogen-bond donors (Lipinski definition) is 0. The van der Waals surface area contributed by atoms with Crippen LogP contribution in [0.4, 0.5) is 43.4 Å². The fourth-order valence-electron chi connectivity index (χ4n) is 3.26. The molecule has 0 aliphatic heterocycles. The van der Waals surface area contributed by atoms with E-state index in [1.54, 1.807) is 48.2 Å². The Morgan fingerprint density at radius 3 is 1.56 bits per heavy atom. The molecule has 212 valence electrons. The van der Waals surface area contributed by atoms with E-state index in [0.717, 1.165) is 5.56 Å². The third-order valence-corrected chi connectivity index (χ3v) is 7.39. The summed E-state index contributed by atoms with van der Waals surface area (Å²) in [5.74, 6) is 0. The molecule has 0 fully saturated rings. The van der Waals surface area contributed by atoms with E-state index in [0.29, 0.717) is 22.6 Å². The Hall–Kier alpha value is -3.14. The molecule has 0 bridgehead atoms. The first-order valence-corrected chi connectivity index (χ1v) is 13.7. The van der Waals surface area contributed by atoms with Crippen molar-refractivity contribution < 1.29 is 51.5 Å². The number of alkyl halides is 6. The van der Waals surface area contributed by atoms with E-state index in [2.05, 4.69) is 8.37 Å².